The number of nitrogens with zero attached hydrogens (tertiary/aromatic N) is 1. The van der Waals surface area contributed by atoms with Gasteiger partial charge in [0.2, 0.25) is 0 Å². The van der Waals surface area contributed by atoms with Gasteiger partial charge in [0.1, 0.15) is 0 Å². The van der Waals surface area contributed by atoms with Crippen LogP contribution in [0.1, 0.15) is 43.4 Å². The molecule has 4 nitrogen and oxygen atoms in total. The minimum atomic E-state index is -0.00764. The van der Waals surface area contributed by atoms with Crippen molar-refractivity contribution in [1.29, 1.82) is 0 Å². The van der Waals surface area contributed by atoms with Crippen LogP contribution in [0.3, 0.4) is 0 Å². The molecule has 2 rings (SSSR count). The highest BCUT2D eigenvalue weighted by Gasteiger charge is 2.18. The molecule has 0 spiro atoms. The number of piperidine rings is 1. The normalized spacial score (nSPS) is 17.6. The Morgan fingerprint density at radius 3 is 2.88 bits per heavy atom. The van der Waals surface area contributed by atoms with Gasteiger partial charge in [-0.3, -0.25) is 4.79 Å². The molecule has 0 atom stereocenters. The lowest BCUT2D eigenvalue weighted by atomic mass is 9.91. The van der Waals surface area contributed by atoms with Gasteiger partial charge in [0.05, 0.1) is 5.69 Å². The van der Waals surface area contributed by atoms with E-state index >= 15 is 0 Å². The van der Waals surface area contributed by atoms with Crippen molar-refractivity contribution >= 4 is 0 Å². The first-order valence-corrected chi connectivity index (χ1v) is 6.10. The molecule has 1 aromatic rings. The van der Waals surface area contributed by atoms with E-state index < -0.39 is 0 Å². The molecule has 1 fully saturated rings. The first-order chi connectivity index (χ1) is 7.81. The Balaban J connectivity index is 2.23. The summed E-state index contributed by atoms with van der Waals surface area (Å²) in [5.74, 6) is 0.406. The monoisotopic (exact) mass is 221 g/mol. The Morgan fingerprint density at radius 1 is 1.44 bits per heavy atom. The van der Waals surface area contributed by atoms with Gasteiger partial charge in [-0.25, -0.2) is 5.10 Å². The standard InChI is InChI=1S/C12H19N3O/c1-2-3-10-8-11(12(16)15-14-10)9-4-6-13-7-5-9/h8-9,13H,2-7H2,1H3,(H,15,16). The van der Waals surface area contributed by atoms with Crippen LogP contribution in [-0.2, 0) is 6.42 Å². The second-order valence-electron chi connectivity index (χ2n) is 4.42. The van der Waals surface area contributed by atoms with E-state index in [1.165, 1.54) is 0 Å². The molecule has 4 heteroatoms. The highest BCUT2D eigenvalue weighted by Crippen LogP contribution is 2.22. The molecule has 1 saturated heterocycles. The molecule has 0 bridgehead atoms. The molecule has 1 aliphatic rings. The first-order valence-electron chi connectivity index (χ1n) is 6.10. The number of rotatable bonds is 3. The summed E-state index contributed by atoms with van der Waals surface area (Å²) in [6.45, 7) is 4.14. The van der Waals surface area contributed by atoms with Crippen LogP contribution in [0.15, 0.2) is 10.9 Å². The SMILES string of the molecule is CCCc1cc(C2CCNCC2)c(=O)[nH]n1. The lowest BCUT2D eigenvalue weighted by molar-refractivity contribution is 0.456. The summed E-state index contributed by atoms with van der Waals surface area (Å²) in [4.78, 5) is 11.7. The molecule has 0 unspecified atom stereocenters. The van der Waals surface area contributed by atoms with Crippen LogP contribution in [0.2, 0.25) is 0 Å². The molecule has 88 valence electrons. The lowest BCUT2D eigenvalue weighted by Crippen LogP contribution is -2.30. The molecule has 1 aromatic heterocycles. The zero-order valence-corrected chi connectivity index (χ0v) is 9.75. The van der Waals surface area contributed by atoms with Gasteiger partial charge >= 0.3 is 0 Å². The summed E-state index contributed by atoms with van der Waals surface area (Å²) in [5, 5.41) is 10.0. The van der Waals surface area contributed by atoms with Crippen LogP contribution in [0.4, 0.5) is 0 Å². The van der Waals surface area contributed by atoms with Gasteiger partial charge in [0.25, 0.3) is 5.56 Å². The molecule has 1 aliphatic heterocycles. The van der Waals surface area contributed by atoms with Gasteiger partial charge in [-0.2, -0.15) is 5.10 Å². The smallest absolute Gasteiger partial charge is 0.267 e. The van der Waals surface area contributed by atoms with Gasteiger partial charge in [0.15, 0.2) is 0 Å². The quantitative estimate of drug-likeness (QED) is 0.806. The average Bonchev–Trinajstić information content (AvgIpc) is 2.33. The van der Waals surface area contributed by atoms with Crippen LogP contribution in [0.25, 0.3) is 0 Å². The third kappa shape index (κ3) is 2.50. The number of H-pyrrole nitrogens is 1. The summed E-state index contributed by atoms with van der Waals surface area (Å²) in [7, 11) is 0. The fourth-order valence-corrected chi connectivity index (χ4v) is 2.28. The summed E-state index contributed by atoms with van der Waals surface area (Å²) < 4.78 is 0. The molecular formula is C12H19N3O. The van der Waals surface area contributed by atoms with E-state index in [4.69, 9.17) is 0 Å². The number of hydrogen-bond donors (Lipinski definition) is 2. The van der Waals surface area contributed by atoms with Crippen LogP contribution in [0.5, 0.6) is 0 Å². The lowest BCUT2D eigenvalue weighted by Gasteiger charge is -2.22. The maximum absolute atomic E-state index is 11.7. The number of aromatic amines is 1. The summed E-state index contributed by atoms with van der Waals surface area (Å²) in [6, 6.07) is 2.00. The average molecular weight is 221 g/mol. The Kier molecular flexibility index (Phi) is 3.72. The van der Waals surface area contributed by atoms with Crippen molar-refractivity contribution in [3.05, 3.63) is 27.7 Å². The predicted octanol–water partition coefficient (Wildman–Crippen LogP) is 1.19. The van der Waals surface area contributed by atoms with E-state index in [0.717, 1.165) is 50.0 Å². The number of hydrogen-bond acceptors (Lipinski definition) is 3. The van der Waals surface area contributed by atoms with Crippen LogP contribution in [-0.4, -0.2) is 23.3 Å². The topological polar surface area (TPSA) is 57.8 Å². The maximum Gasteiger partial charge on any atom is 0.267 e. The zero-order valence-electron chi connectivity index (χ0n) is 9.75. The molecule has 0 saturated carbocycles. The van der Waals surface area contributed by atoms with Gasteiger partial charge in [0, 0.05) is 5.56 Å². The van der Waals surface area contributed by atoms with E-state index in [9.17, 15) is 4.79 Å². The minimum absolute atomic E-state index is 0.00764. The highest BCUT2D eigenvalue weighted by atomic mass is 16.1. The number of nitrogens with one attached hydrogen (secondary N) is 2. The van der Waals surface area contributed by atoms with Gasteiger partial charge in [-0.15, -0.1) is 0 Å². The molecule has 16 heavy (non-hydrogen) atoms. The Bertz CT molecular complexity index is 393. The minimum Gasteiger partial charge on any atom is -0.317 e. The molecule has 0 radical (unpaired) electrons. The Morgan fingerprint density at radius 2 is 2.19 bits per heavy atom. The Hall–Kier alpha value is -1.16. The van der Waals surface area contributed by atoms with Crippen molar-refractivity contribution in [3.8, 4) is 0 Å². The van der Waals surface area contributed by atoms with Crippen LogP contribution in [0, 0.1) is 0 Å². The molecule has 0 amide bonds. The fourth-order valence-electron chi connectivity index (χ4n) is 2.28. The molecule has 0 aromatic carbocycles. The van der Waals surface area contributed by atoms with E-state index in [1.807, 2.05) is 6.07 Å². The maximum atomic E-state index is 11.7. The number of aromatic nitrogens is 2. The molecule has 2 N–H and O–H groups in total. The van der Waals surface area contributed by atoms with E-state index in [-0.39, 0.29) is 5.56 Å². The third-order valence-electron chi connectivity index (χ3n) is 3.17. The van der Waals surface area contributed by atoms with Gasteiger partial charge < -0.3 is 5.32 Å². The fraction of sp³-hybridized carbons (Fsp3) is 0.667. The van der Waals surface area contributed by atoms with Crippen LogP contribution < -0.4 is 10.9 Å². The predicted molar refractivity (Wildman–Crippen MR) is 63.7 cm³/mol. The van der Waals surface area contributed by atoms with Crippen molar-refractivity contribution < 1.29 is 0 Å². The molecule has 2 heterocycles. The summed E-state index contributed by atoms with van der Waals surface area (Å²) >= 11 is 0. The van der Waals surface area contributed by atoms with Crippen LogP contribution >= 0.6 is 0 Å². The van der Waals surface area contributed by atoms with Crippen molar-refractivity contribution in [2.24, 2.45) is 0 Å². The number of aryl methyl sites for hydroxylation is 1. The van der Waals surface area contributed by atoms with Gasteiger partial charge in [-0.05, 0) is 44.3 Å². The van der Waals surface area contributed by atoms with Crippen molar-refractivity contribution in [1.82, 2.24) is 15.5 Å². The van der Waals surface area contributed by atoms with E-state index in [0.29, 0.717) is 5.92 Å². The summed E-state index contributed by atoms with van der Waals surface area (Å²) in [5.41, 5.74) is 1.93. The van der Waals surface area contributed by atoms with E-state index in [1.54, 1.807) is 0 Å². The summed E-state index contributed by atoms with van der Waals surface area (Å²) in [6.07, 6.45) is 4.11. The van der Waals surface area contributed by atoms with Gasteiger partial charge in [-0.1, -0.05) is 13.3 Å². The largest absolute Gasteiger partial charge is 0.317 e. The first kappa shape index (κ1) is 11.3. The molecule has 0 aliphatic carbocycles. The van der Waals surface area contributed by atoms with E-state index in [2.05, 4.69) is 22.4 Å². The van der Waals surface area contributed by atoms with Crippen molar-refractivity contribution in [2.45, 2.75) is 38.5 Å². The second-order valence-corrected chi connectivity index (χ2v) is 4.42. The highest BCUT2D eigenvalue weighted by molar-refractivity contribution is 5.18. The zero-order chi connectivity index (χ0) is 11.4. The Labute approximate surface area is 95.5 Å². The third-order valence-corrected chi connectivity index (χ3v) is 3.17. The molecular weight excluding hydrogens is 202 g/mol. The second kappa shape index (κ2) is 5.25. The van der Waals surface area contributed by atoms with Crippen molar-refractivity contribution in [3.63, 3.8) is 0 Å². The van der Waals surface area contributed by atoms with Crippen molar-refractivity contribution in [2.75, 3.05) is 13.1 Å².